The number of rotatable bonds is 7. The van der Waals surface area contributed by atoms with Crippen molar-refractivity contribution in [2.45, 2.75) is 54.0 Å². The molecule has 37 heavy (non-hydrogen) atoms. The first-order valence-electron chi connectivity index (χ1n) is 12.2. The standard InChI is InChI=1S/C27H36N5O4.Rf/c1-18-17-28-20(3)29-25(18)30-23(19(2)33)15-21-7-9-22(10-8-21)36-26(35)32-13-11-31(12-14-32)24(34)16-27(4,5)6;/h7-10,16-17,23H,11-15H2,1-6H3,(H,28,29,30);/q-1;/t23-;/m0./s1. The largest absolute Gasteiger partial charge is 0.415 e. The van der Waals surface area contributed by atoms with E-state index in [1.165, 1.54) is 0 Å². The second-order valence-corrected chi connectivity index (χ2v) is 10.3. The third-order valence-corrected chi connectivity index (χ3v) is 5.87. The van der Waals surface area contributed by atoms with Crippen molar-refractivity contribution in [1.29, 1.82) is 0 Å². The molecule has 2 aromatic rings. The van der Waals surface area contributed by atoms with Crippen molar-refractivity contribution >= 4 is 23.6 Å². The van der Waals surface area contributed by atoms with Gasteiger partial charge in [0, 0.05) is 37.9 Å². The summed E-state index contributed by atoms with van der Waals surface area (Å²) < 4.78 is 5.54. The van der Waals surface area contributed by atoms with E-state index in [2.05, 4.69) is 15.3 Å². The first-order chi connectivity index (χ1) is 16.9. The minimum atomic E-state index is -0.444. The van der Waals surface area contributed by atoms with Crippen molar-refractivity contribution in [2.24, 2.45) is 5.41 Å². The zero-order valence-electron chi connectivity index (χ0n) is 22.7. The van der Waals surface area contributed by atoms with Crippen LogP contribution in [0.5, 0.6) is 5.75 Å². The van der Waals surface area contributed by atoms with E-state index in [9.17, 15) is 14.4 Å². The van der Waals surface area contributed by atoms with Crippen LogP contribution in [-0.2, 0) is 16.0 Å². The predicted octanol–water partition coefficient (Wildman–Crippen LogP) is 3.60. The minimum Gasteiger partial charge on any atom is -0.410 e. The number of benzene rings is 1. The van der Waals surface area contributed by atoms with Crippen molar-refractivity contribution in [3.8, 4) is 5.75 Å². The number of nitrogens with one attached hydrogen (secondary N) is 1. The summed E-state index contributed by atoms with van der Waals surface area (Å²) in [6.45, 7) is 13.0. The number of hydrogen-bond donors (Lipinski definition) is 1. The van der Waals surface area contributed by atoms with Gasteiger partial charge in [-0.15, -0.1) is 5.41 Å². The summed E-state index contributed by atoms with van der Waals surface area (Å²) in [5.41, 5.74) is 1.60. The summed E-state index contributed by atoms with van der Waals surface area (Å²) in [6.07, 6.45) is 3.47. The van der Waals surface area contributed by atoms with Gasteiger partial charge in [-0.2, -0.15) is 0 Å². The number of aromatic nitrogens is 2. The molecule has 0 bridgehead atoms. The van der Waals surface area contributed by atoms with Gasteiger partial charge in [-0.05, 0) is 44.9 Å². The fourth-order valence-corrected chi connectivity index (χ4v) is 3.80. The molecule has 1 aromatic heterocycles. The van der Waals surface area contributed by atoms with E-state index in [1.54, 1.807) is 48.4 Å². The number of aryl methyl sites for hydroxylation is 2. The van der Waals surface area contributed by atoms with Gasteiger partial charge in [-0.25, -0.2) is 14.8 Å². The van der Waals surface area contributed by atoms with Crippen LogP contribution >= 0.6 is 0 Å². The summed E-state index contributed by atoms with van der Waals surface area (Å²) in [5.74, 6) is 1.70. The van der Waals surface area contributed by atoms with Crippen LogP contribution in [0, 0.1) is 25.7 Å². The molecule has 1 aliphatic rings. The zero-order chi connectivity index (χ0) is 26.5. The molecule has 1 saturated heterocycles. The smallest absolute Gasteiger partial charge is 0.410 e. The van der Waals surface area contributed by atoms with E-state index in [0.29, 0.717) is 50.0 Å². The first kappa shape index (κ1) is 28.6. The van der Waals surface area contributed by atoms with E-state index in [-0.39, 0.29) is 17.1 Å². The molecule has 2 amide bonds. The Morgan fingerprint density at radius 3 is 2.22 bits per heavy atom. The maximum Gasteiger partial charge on any atom is 0.415 e. The zero-order valence-corrected chi connectivity index (χ0v) is 29.1. The summed E-state index contributed by atoms with van der Waals surface area (Å²) in [7, 11) is 0. The number of Topliss-reactive ketones (excluding diaryl/α,β-unsaturated/α-hetero) is 1. The average molecular weight is 762 g/mol. The monoisotopic (exact) mass is 761 g/mol. The molecular weight excluding hydrogens is 725 g/mol. The number of nitrogens with zero attached hydrogens (tertiary/aromatic N) is 4. The van der Waals surface area contributed by atoms with Crippen molar-refractivity contribution in [3.05, 3.63) is 53.8 Å². The van der Waals surface area contributed by atoms with Gasteiger partial charge in [0.25, 0.3) is 0 Å². The van der Waals surface area contributed by atoms with Gasteiger partial charge < -0.3 is 24.6 Å². The summed E-state index contributed by atoms with van der Waals surface area (Å²) in [4.78, 5) is 49.2. The van der Waals surface area contributed by atoms with Crippen LogP contribution in [0.25, 0.3) is 0 Å². The third-order valence-electron chi connectivity index (χ3n) is 5.87. The molecule has 1 aromatic carbocycles. The van der Waals surface area contributed by atoms with E-state index >= 15 is 0 Å². The molecule has 1 atom stereocenters. The number of carbonyl (C=O) groups is 3. The van der Waals surface area contributed by atoms with Crippen LogP contribution < -0.4 is 10.1 Å². The molecule has 1 N–H and O–H groups in total. The number of carbonyl (C=O) groups excluding carboxylic acids is 3. The number of piperazine rings is 1. The Kier molecular flexibility index (Phi) is 9.19. The van der Waals surface area contributed by atoms with Crippen molar-refractivity contribution in [3.63, 3.8) is 0 Å². The normalized spacial score (nSPS) is 14.3. The number of hydrogen-bond acceptors (Lipinski definition) is 7. The van der Waals surface area contributed by atoms with Gasteiger partial charge in [-0.1, -0.05) is 32.9 Å². The molecule has 9 nitrogen and oxygen atoms in total. The Morgan fingerprint density at radius 2 is 1.65 bits per heavy atom. The van der Waals surface area contributed by atoms with Crippen LogP contribution in [0.2, 0.25) is 0 Å². The van der Waals surface area contributed by atoms with Crippen molar-refractivity contribution in [2.75, 3.05) is 31.5 Å². The Bertz CT molecular complexity index is 1090. The molecule has 0 unspecified atom stereocenters. The molecule has 0 aliphatic carbocycles. The van der Waals surface area contributed by atoms with Gasteiger partial charge in [0.05, 0.1) is 11.9 Å². The van der Waals surface area contributed by atoms with E-state index in [1.807, 2.05) is 39.8 Å². The Hall–Kier alpha value is -4.62. The Balaban J connectivity index is 0.00000481. The second-order valence-electron chi connectivity index (χ2n) is 10.3. The summed E-state index contributed by atoms with van der Waals surface area (Å²) >= 11 is 0. The van der Waals surface area contributed by atoms with Crippen LogP contribution in [0.1, 0.15) is 44.6 Å². The van der Waals surface area contributed by atoms with Gasteiger partial charge in [0.2, 0.25) is 0 Å². The van der Waals surface area contributed by atoms with E-state index < -0.39 is 12.1 Å². The molecular formula is C27H36N5O4Rf-. The number of ketones is 1. The fourth-order valence-electron chi connectivity index (χ4n) is 3.80. The van der Waals surface area contributed by atoms with Gasteiger partial charge >= 0.3 is 6.09 Å². The average Bonchev–Trinajstić information content (AvgIpc) is 2.81. The predicted molar refractivity (Wildman–Crippen MR) is 138 cm³/mol. The molecule has 0 saturated carbocycles. The Labute approximate surface area is 213 Å². The van der Waals surface area contributed by atoms with Gasteiger partial charge in [0.15, 0.2) is 5.78 Å². The van der Waals surface area contributed by atoms with Crippen molar-refractivity contribution in [1.82, 2.24) is 19.8 Å². The number of anilines is 1. The van der Waals surface area contributed by atoms with Gasteiger partial charge in [0.1, 0.15) is 17.4 Å². The third kappa shape index (κ3) is 8.23. The molecule has 1 aliphatic heterocycles. The Morgan fingerprint density at radius 1 is 1.05 bits per heavy atom. The quantitative estimate of drug-likeness (QED) is 0.431. The molecule has 10 heteroatoms. The summed E-state index contributed by atoms with van der Waals surface area (Å²) in [6, 6.07) is 6.69. The van der Waals surface area contributed by atoms with Crippen LogP contribution in [0.15, 0.2) is 30.5 Å². The van der Waals surface area contributed by atoms with Crippen LogP contribution in [0.4, 0.5) is 10.6 Å². The SMILES string of the molecule is CC(=O)[C@H](Cc1ccc(OC(=O)N2CCN(C(=O)[CH-]C(C)(C)C)CC2)cc1)Nc1nc(C)ncc1C.[Rf]. The minimum absolute atomic E-state index is 0. The number of amides is 2. The topological polar surface area (TPSA) is 105 Å². The summed E-state index contributed by atoms with van der Waals surface area (Å²) in [5, 5.41) is 3.23. The fraction of sp³-hybridized carbons (Fsp3) is 0.481. The maximum atomic E-state index is 12.6. The van der Waals surface area contributed by atoms with Crippen molar-refractivity contribution < 1.29 is 19.1 Å². The van der Waals surface area contributed by atoms with E-state index in [4.69, 9.17) is 4.74 Å². The molecule has 3 rings (SSSR count). The van der Waals surface area contributed by atoms with Gasteiger partial charge in [-0.3, -0.25) is 11.2 Å². The molecule has 0 spiro atoms. The van der Waals surface area contributed by atoms with E-state index in [0.717, 1.165) is 11.1 Å². The maximum absolute atomic E-state index is 12.6. The molecule has 0 radical (unpaired) electrons. The molecule has 1 fully saturated rings. The van der Waals surface area contributed by atoms with Crippen LogP contribution in [0.3, 0.4) is 0 Å². The van der Waals surface area contributed by atoms with Crippen LogP contribution in [-0.4, -0.2) is 69.8 Å². The first-order valence-corrected chi connectivity index (χ1v) is 12.2. The molecule has 2 heterocycles. The molecule has 196 valence electrons. The number of ether oxygens (including phenoxy) is 1. The second kappa shape index (κ2) is 11.9.